The predicted molar refractivity (Wildman–Crippen MR) is 38.0 cm³/mol. The van der Waals surface area contributed by atoms with Gasteiger partial charge in [0.1, 0.15) is 0 Å². The molecule has 2 N–H and O–H groups in total. The number of hydrogen-bond acceptors (Lipinski definition) is 2. The van der Waals surface area contributed by atoms with Gasteiger partial charge in [-0.2, -0.15) is 0 Å². The normalized spacial score (nSPS) is 25.8. The van der Waals surface area contributed by atoms with Gasteiger partial charge in [-0.05, 0) is 12.8 Å². The van der Waals surface area contributed by atoms with Crippen LogP contribution in [0.25, 0.3) is 0 Å². The van der Waals surface area contributed by atoms with Gasteiger partial charge in [0.2, 0.25) is 0 Å². The molecule has 0 aromatic carbocycles. The minimum absolute atomic E-state index is 0.0115. The lowest BCUT2D eigenvalue weighted by Gasteiger charge is -2.09. The van der Waals surface area contributed by atoms with E-state index in [1.165, 1.54) is 0 Å². The number of hydrogen-bond donors (Lipinski definition) is 2. The summed E-state index contributed by atoms with van der Waals surface area (Å²) in [5.41, 5.74) is 0. The second-order valence-corrected chi connectivity index (χ2v) is 3.73. The third-order valence-electron chi connectivity index (χ3n) is 1.52. The fraction of sp³-hybridized carbons (Fsp3) is 1.00. The molecule has 1 atom stereocenters. The van der Waals surface area contributed by atoms with E-state index in [4.69, 9.17) is 9.79 Å². The van der Waals surface area contributed by atoms with Crippen LogP contribution < -0.4 is 5.32 Å². The predicted octanol–water partition coefficient (Wildman–Crippen LogP) is -0.138. The molecule has 0 aromatic rings. The standard InChI is InChI=1S/C5H11NO4P/c7-11(8,9)10-4-5-2-1-3-6-5/h5H,1-4H2,(H2,7,8,9). The van der Waals surface area contributed by atoms with Gasteiger partial charge in [-0.25, -0.2) is 9.88 Å². The molecule has 0 aliphatic carbocycles. The summed E-state index contributed by atoms with van der Waals surface area (Å²) >= 11 is 0. The van der Waals surface area contributed by atoms with E-state index in [9.17, 15) is 4.57 Å². The zero-order chi connectivity index (χ0) is 8.32. The van der Waals surface area contributed by atoms with Gasteiger partial charge >= 0.3 is 7.82 Å². The second kappa shape index (κ2) is 3.65. The van der Waals surface area contributed by atoms with Gasteiger partial charge in [-0.1, -0.05) is 0 Å². The van der Waals surface area contributed by atoms with Crippen molar-refractivity contribution >= 4 is 7.82 Å². The van der Waals surface area contributed by atoms with E-state index in [-0.39, 0.29) is 12.6 Å². The van der Waals surface area contributed by atoms with E-state index in [1.807, 2.05) is 0 Å². The molecule has 1 aliphatic rings. The Morgan fingerprint density at radius 2 is 2.36 bits per heavy atom. The third-order valence-corrected chi connectivity index (χ3v) is 2.00. The Balaban J connectivity index is 2.16. The largest absolute Gasteiger partial charge is 0.469 e. The summed E-state index contributed by atoms with van der Waals surface area (Å²) in [5.74, 6) is 0. The summed E-state index contributed by atoms with van der Waals surface area (Å²) < 4.78 is 14.5. The molecule has 1 unspecified atom stereocenters. The maximum atomic E-state index is 10.2. The van der Waals surface area contributed by atoms with Crippen LogP contribution >= 0.6 is 7.82 Å². The topological polar surface area (TPSA) is 80.9 Å². The molecule has 1 radical (unpaired) electrons. The fourth-order valence-corrected chi connectivity index (χ4v) is 1.38. The van der Waals surface area contributed by atoms with Gasteiger partial charge < -0.3 is 9.79 Å². The first-order chi connectivity index (χ1) is 5.08. The van der Waals surface area contributed by atoms with Crippen LogP contribution in [0.4, 0.5) is 0 Å². The molecule has 1 fully saturated rings. The van der Waals surface area contributed by atoms with Crippen molar-refractivity contribution in [2.75, 3.05) is 13.2 Å². The lowest BCUT2D eigenvalue weighted by Crippen LogP contribution is -2.20. The SMILES string of the molecule is O=P(O)(O)OCC1CCC[N]1. The molecule has 65 valence electrons. The molecule has 11 heavy (non-hydrogen) atoms. The molecule has 0 saturated carbocycles. The van der Waals surface area contributed by atoms with Crippen LogP contribution in [0.3, 0.4) is 0 Å². The number of phosphoric ester groups is 1. The Morgan fingerprint density at radius 3 is 2.82 bits per heavy atom. The van der Waals surface area contributed by atoms with Crippen molar-refractivity contribution in [2.24, 2.45) is 0 Å². The summed E-state index contributed by atoms with van der Waals surface area (Å²) in [6.07, 6.45) is 1.87. The quantitative estimate of drug-likeness (QED) is 0.592. The maximum Gasteiger partial charge on any atom is 0.469 e. The van der Waals surface area contributed by atoms with Crippen molar-refractivity contribution in [3.8, 4) is 0 Å². The Morgan fingerprint density at radius 1 is 1.64 bits per heavy atom. The first-order valence-corrected chi connectivity index (χ1v) is 4.98. The molecule has 0 bridgehead atoms. The first-order valence-electron chi connectivity index (χ1n) is 3.44. The van der Waals surface area contributed by atoms with Gasteiger partial charge in [-0.15, -0.1) is 0 Å². The van der Waals surface area contributed by atoms with E-state index < -0.39 is 7.82 Å². The first kappa shape index (κ1) is 9.16. The zero-order valence-corrected chi connectivity index (χ0v) is 6.91. The van der Waals surface area contributed by atoms with Crippen molar-refractivity contribution in [3.63, 3.8) is 0 Å². The fourth-order valence-electron chi connectivity index (χ4n) is 1.01. The highest BCUT2D eigenvalue weighted by atomic mass is 31.2. The van der Waals surface area contributed by atoms with Gasteiger partial charge in [0, 0.05) is 12.6 Å². The highest BCUT2D eigenvalue weighted by Gasteiger charge is 2.21. The van der Waals surface area contributed by atoms with Crippen molar-refractivity contribution < 1.29 is 18.9 Å². The molecule has 1 rings (SSSR count). The second-order valence-electron chi connectivity index (χ2n) is 2.49. The molecule has 1 aliphatic heterocycles. The molecule has 0 aromatic heterocycles. The van der Waals surface area contributed by atoms with E-state index in [2.05, 4.69) is 9.84 Å². The molecular formula is C5H11NO4P. The Kier molecular flexibility index (Phi) is 3.04. The molecule has 5 nitrogen and oxygen atoms in total. The Labute approximate surface area is 65.0 Å². The van der Waals surface area contributed by atoms with Gasteiger partial charge in [-0.3, -0.25) is 4.52 Å². The van der Waals surface area contributed by atoms with Crippen LogP contribution in [0.1, 0.15) is 12.8 Å². The van der Waals surface area contributed by atoms with Gasteiger partial charge in [0.25, 0.3) is 0 Å². The summed E-state index contributed by atoms with van der Waals surface area (Å²) in [7, 11) is -4.28. The summed E-state index contributed by atoms with van der Waals surface area (Å²) in [6, 6.07) is -0.0115. The summed E-state index contributed by atoms with van der Waals surface area (Å²) in [4.78, 5) is 16.7. The monoisotopic (exact) mass is 180 g/mol. The van der Waals surface area contributed by atoms with Crippen LogP contribution in [0, 0.1) is 0 Å². The molecular weight excluding hydrogens is 169 g/mol. The Hall–Kier alpha value is 0.0700. The minimum Gasteiger partial charge on any atom is -0.303 e. The van der Waals surface area contributed by atoms with Crippen molar-refractivity contribution in [1.29, 1.82) is 0 Å². The highest BCUT2D eigenvalue weighted by Crippen LogP contribution is 2.36. The highest BCUT2D eigenvalue weighted by molar-refractivity contribution is 7.46. The van der Waals surface area contributed by atoms with E-state index in [0.29, 0.717) is 0 Å². The average molecular weight is 180 g/mol. The average Bonchev–Trinajstić information content (AvgIpc) is 2.32. The summed E-state index contributed by atoms with van der Waals surface area (Å²) in [6.45, 7) is 0.833. The van der Waals surface area contributed by atoms with E-state index in [1.54, 1.807) is 0 Å². The molecule has 6 heteroatoms. The van der Waals surface area contributed by atoms with E-state index in [0.717, 1.165) is 19.4 Å². The Bertz CT molecular complexity index is 162. The number of nitrogens with zero attached hydrogens (tertiary/aromatic N) is 1. The van der Waals surface area contributed by atoms with Gasteiger partial charge in [0.15, 0.2) is 0 Å². The van der Waals surface area contributed by atoms with Crippen molar-refractivity contribution in [1.82, 2.24) is 5.32 Å². The minimum atomic E-state index is -4.28. The van der Waals surface area contributed by atoms with Crippen molar-refractivity contribution in [2.45, 2.75) is 18.9 Å². The number of phosphoric acid groups is 1. The molecule has 1 heterocycles. The van der Waals surface area contributed by atoms with Crippen LogP contribution in [0.2, 0.25) is 0 Å². The van der Waals surface area contributed by atoms with Crippen LogP contribution in [0.15, 0.2) is 0 Å². The zero-order valence-electron chi connectivity index (χ0n) is 6.01. The van der Waals surface area contributed by atoms with Crippen LogP contribution in [-0.4, -0.2) is 29.0 Å². The molecule has 0 amide bonds. The van der Waals surface area contributed by atoms with E-state index >= 15 is 0 Å². The third kappa shape index (κ3) is 3.84. The number of rotatable bonds is 3. The van der Waals surface area contributed by atoms with Crippen molar-refractivity contribution in [3.05, 3.63) is 0 Å². The van der Waals surface area contributed by atoms with Crippen LogP contribution in [-0.2, 0) is 9.09 Å². The van der Waals surface area contributed by atoms with Gasteiger partial charge in [0.05, 0.1) is 6.61 Å². The molecule has 0 spiro atoms. The van der Waals surface area contributed by atoms with Crippen LogP contribution in [0.5, 0.6) is 0 Å². The lowest BCUT2D eigenvalue weighted by atomic mass is 10.2. The summed E-state index contributed by atoms with van der Waals surface area (Å²) in [5, 5.41) is 4.07. The lowest BCUT2D eigenvalue weighted by molar-refractivity contribution is 0.181. The molecule has 1 saturated heterocycles. The smallest absolute Gasteiger partial charge is 0.303 e. The maximum absolute atomic E-state index is 10.2.